The monoisotopic (exact) mass is 343 g/mol. The van der Waals surface area contributed by atoms with Crippen LogP contribution in [-0.2, 0) is 20.9 Å². The molecule has 0 N–H and O–H groups in total. The predicted octanol–water partition coefficient (Wildman–Crippen LogP) is 2.02. The molecule has 1 aliphatic heterocycles. The second-order valence-corrected chi connectivity index (χ2v) is 5.69. The summed E-state index contributed by atoms with van der Waals surface area (Å²) in [6, 6.07) is 9.58. The van der Waals surface area contributed by atoms with Crippen molar-refractivity contribution in [3.63, 3.8) is 0 Å². The summed E-state index contributed by atoms with van der Waals surface area (Å²) in [7, 11) is 1.29. The minimum atomic E-state index is -0.525. The molecule has 0 aliphatic carbocycles. The molecule has 1 aromatic carbocycles. The van der Waals surface area contributed by atoms with Crippen molar-refractivity contribution in [1.82, 2.24) is 4.90 Å². The normalized spacial score (nSPS) is 16.8. The number of carbonyl (C=O) groups is 3. The van der Waals surface area contributed by atoms with Crippen molar-refractivity contribution in [2.24, 2.45) is 5.92 Å². The molecule has 2 aromatic rings. The number of ether oxygens (including phenoxy) is 2. The minimum absolute atomic E-state index is 0.111. The van der Waals surface area contributed by atoms with E-state index in [1.807, 2.05) is 0 Å². The summed E-state index contributed by atoms with van der Waals surface area (Å²) in [4.78, 5) is 37.3. The van der Waals surface area contributed by atoms with Crippen LogP contribution in [0.1, 0.15) is 22.5 Å². The summed E-state index contributed by atoms with van der Waals surface area (Å²) < 4.78 is 15.1. The molecule has 130 valence electrons. The molecular weight excluding hydrogens is 326 g/mol. The number of esters is 2. The van der Waals surface area contributed by atoms with Crippen molar-refractivity contribution in [3.05, 3.63) is 54.0 Å². The fourth-order valence-corrected chi connectivity index (χ4v) is 2.65. The topological polar surface area (TPSA) is 86.0 Å². The lowest BCUT2D eigenvalue weighted by atomic mass is 10.1. The lowest BCUT2D eigenvalue weighted by Crippen LogP contribution is -2.27. The maximum Gasteiger partial charge on any atom is 0.337 e. The maximum atomic E-state index is 12.3. The van der Waals surface area contributed by atoms with Crippen molar-refractivity contribution in [1.29, 1.82) is 0 Å². The molecule has 0 spiro atoms. The van der Waals surface area contributed by atoms with Crippen LogP contribution in [0.25, 0.3) is 0 Å². The zero-order valence-electron chi connectivity index (χ0n) is 13.6. The Balaban J connectivity index is 1.58. The Kier molecular flexibility index (Phi) is 4.83. The molecule has 1 amide bonds. The molecule has 0 bridgehead atoms. The second-order valence-electron chi connectivity index (χ2n) is 5.69. The van der Waals surface area contributed by atoms with Crippen molar-refractivity contribution < 1.29 is 28.3 Å². The van der Waals surface area contributed by atoms with Crippen molar-refractivity contribution in [3.8, 4) is 5.75 Å². The van der Waals surface area contributed by atoms with Crippen LogP contribution in [0.2, 0.25) is 0 Å². The molecule has 1 fully saturated rings. The fourth-order valence-electron chi connectivity index (χ4n) is 2.65. The van der Waals surface area contributed by atoms with Gasteiger partial charge in [-0.15, -0.1) is 0 Å². The van der Waals surface area contributed by atoms with Crippen LogP contribution in [0.5, 0.6) is 5.75 Å². The first-order valence-electron chi connectivity index (χ1n) is 7.77. The van der Waals surface area contributed by atoms with Gasteiger partial charge in [-0.3, -0.25) is 9.59 Å². The zero-order chi connectivity index (χ0) is 17.8. The molecule has 7 heteroatoms. The number of methoxy groups -OCH3 is 1. The molecule has 1 saturated heterocycles. The summed E-state index contributed by atoms with van der Waals surface area (Å²) >= 11 is 0. The smallest absolute Gasteiger partial charge is 0.337 e. The Morgan fingerprint density at radius 1 is 1.24 bits per heavy atom. The van der Waals surface area contributed by atoms with Crippen LogP contribution in [-0.4, -0.2) is 36.4 Å². The first-order valence-corrected chi connectivity index (χ1v) is 7.77. The molecule has 3 rings (SSSR count). The van der Waals surface area contributed by atoms with E-state index >= 15 is 0 Å². The number of hydrogen-bond acceptors (Lipinski definition) is 6. The average Bonchev–Trinajstić information content (AvgIpc) is 3.25. The average molecular weight is 343 g/mol. The van der Waals surface area contributed by atoms with Gasteiger partial charge >= 0.3 is 11.9 Å². The van der Waals surface area contributed by atoms with Gasteiger partial charge in [0.1, 0.15) is 11.5 Å². The van der Waals surface area contributed by atoms with Gasteiger partial charge in [0.2, 0.25) is 5.91 Å². The van der Waals surface area contributed by atoms with Gasteiger partial charge in [-0.1, -0.05) is 0 Å². The van der Waals surface area contributed by atoms with Crippen molar-refractivity contribution in [2.75, 3.05) is 13.7 Å². The van der Waals surface area contributed by atoms with Gasteiger partial charge in [0.15, 0.2) is 0 Å². The van der Waals surface area contributed by atoms with Gasteiger partial charge in [-0.2, -0.15) is 0 Å². The summed E-state index contributed by atoms with van der Waals surface area (Å²) in [5.41, 5.74) is 0.364. The highest BCUT2D eigenvalue weighted by Crippen LogP contribution is 2.23. The van der Waals surface area contributed by atoms with Gasteiger partial charge < -0.3 is 18.8 Å². The van der Waals surface area contributed by atoms with Crippen LogP contribution < -0.4 is 4.74 Å². The largest absolute Gasteiger partial charge is 0.467 e. The number of likely N-dealkylation sites (tertiary alicyclic amines) is 1. The molecule has 0 unspecified atom stereocenters. The van der Waals surface area contributed by atoms with Crippen molar-refractivity contribution >= 4 is 17.8 Å². The second kappa shape index (κ2) is 7.21. The highest BCUT2D eigenvalue weighted by atomic mass is 16.5. The van der Waals surface area contributed by atoms with E-state index in [-0.39, 0.29) is 12.3 Å². The van der Waals surface area contributed by atoms with E-state index in [4.69, 9.17) is 9.15 Å². The third-order valence-corrected chi connectivity index (χ3v) is 3.97. The van der Waals surface area contributed by atoms with Crippen LogP contribution in [0.4, 0.5) is 0 Å². The Hall–Kier alpha value is -3.09. The summed E-state index contributed by atoms with van der Waals surface area (Å²) in [5.74, 6) is -0.591. The van der Waals surface area contributed by atoms with E-state index in [2.05, 4.69) is 4.74 Å². The van der Waals surface area contributed by atoms with Crippen LogP contribution in [0.15, 0.2) is 47.1 Å². The summed E-state index contributed by atoms with van der Waals surface area (Å²) in [6.07, 6.45) is 1.65. The number of rotatable bonds is 5. The van der Waals surface area contributed by atoms with Crippen molar-refractivity contribution in [2.45, 2.75) is 13.0 Å². The lowest BCUT2D eigenvalue weighted by molar-refractivity contribution is -0.139. The molecule has 1 aliphatic rings. The Morgan fingerprint density at radius 3 is 2.64 bits per heavy atom. The van der Waals surface area contributed by atoms with Gasteiger partial charge in [-0.05, 0) is 36.4 Å². The molecule has 1 atom stereocenters. The van der Waals surface area contributed by atoms with Crippen LogP contribution in [0, 0.1) is 5.92 Å². The number of carbonyl (C=O) groups excluding carboxylic acids is 3. The van der Waals surface area contributed by atoms with Crippen LogP contribution >= 0.6 is 0 Å². The zero-order valence-corrected chi connectivity index (χ0v) is 13.6. The molecular formula is C18H17NO6. The molecule has 7 nitrogen and oxygen atoms in total. The number of hydrogen-bond donors (Lipinski definition) is 0. The van der Waals surface area contributed by atoms with E-state index in [0.29, 0.717) is 30.2 Å². The van der Waals surface area contributed by atoms with Gasteiger partial charge in [0.25, 0.3) is 0 Å². The Labute approximate surface area is 144 Å². The fraction of sp³-hybridized carbons (Fsp3) is 0.278. The van der Waals surface area contributed by atoms with E-state index in [9.17, 15) is 14.4 Å². The lowest BCUT2D eigenvalue weighted by Gasteiger charge is -2.14. The number of benzene rings is 1. The number of nitrogens with zero attached hydrogens (tertiary/aromatic N) is 1. The SMILES string of the molecule is COC(=O)c1ccc(OC(=O)[C@@H]2CC(=O)N(Cc3ccco3)C2)cc1. The molecule has 2 heterocycles. The Bertz CT molecular complexity index is 765. The first-order chi connectivity index (χ1) is 12.1. The van der Waals surface area contributed by atoms with Crippen LogP contribution in [0.3, 0.4) is 0 Å². The van der Waals surface area contributed by atoms with E-state index in [1.54, 1.807) is 23.3 Å². The van der Waals surface area contributed by atoms with E-state index in [1.165, 1.54) is 31.4 Å². The highest BCUT2D eigenvalue weighted by molar-refractivity contribution is 5.90. The Morgan fingerprint density at radius 2 is 2.00 bits per heavy atom. The van der Waals surface area contributed by atoms with E-state index in [0.717, 1.165) is 0 Å². The molecule has 0 radical (unpaired) electrons. The van der Waals surface area contributed by atoms with Gasteiger partial charge in [-0.25, -0.2) is 4.79 Å². The first kappa shape index (κ1) is 16.8. The van der Waals surface area contributed by atoms with Gasteiger partial charge in [0, 0.05) is 13.0 Å². The predicted molar refractivity (Wildman–Crippen MR) is 85.6 cm³/mol. The maximum absolute atomic E-state index is 12.3. The highest BCUT2D eigenvalue weighted by Gasteiger charge is 2.35. The molecule has 25 heavy (non-hydrogen) atoms. The third kappa shape index (κ3) is 3.88. The summed E-state index contributed by atoms with van der Waals surface area (Å²) in [6.45, 7) is 0.627. The minimum Gasteiger partial charge on any atom is -0.467 e. The summed E-state index contributed by atoms with van der Waals surface area (Å²) in [5, 5.41) is 0. The molecule has 0 saturated carbocycles. The molecule has 1 aromatic heterocycles. The number of amides is 1. The van der Waals surface area contributed by atoms with Gasteiger partial charge in [0.05, 0.1) is 31.4 Å². The number of furan rings is 1. The quantitative estimate of drug-likeness (QED) is 0.610. The third-order valence-electron chi connectivity index (χ3n) is 3.97. The van der Waals surface area contributed by atoms with E-state index < -0.39 is 17.9 Å². The standard InChI is InChI=1S/C18H17NO6/c1-23-17(21)12-4-6-14(7-5-12)25-18(22)13-9-16(20)19(10-13)11-15-3-2-8-24-15/h2-8,13H,9-11H2,1H3/t13-/m1/s1.